The normalized spacial score (nSPS) is 13.2. The molecule has 0 aliphatic heterocycles. The lowest BCUT2D eigenvalue weighted by atomic mass is 10.0. The highest BCUT2D eigenvalue weighted by molar-refractivity contribution is 4.61. The van der Waals surface area contributed by atoms with Crippen LogP contribution in [-0.4, -0.2) is 35.7 Å². The van der Waals surface area contributed by atoms with Crippen LogP contribution < -0.4 is 0 Å². The van der Waals surface area contributed by atoms with Gasteiger partial charge in [-0.2, -0.15) is 0 Å². The van der Waals surface area contributed by atoms with Crippen molar-refractivity contribution >= 4 is 0 Å². The minimum atomic E-state index is -0.0822. The summed E-state index contributed by atoms with van der Waals surface area (Å²) in [6.07, 6.45) is 11.2. The molecule has 2 nitrogen and oxygen atoms in total. The molecule has 0 radical (unpaired) electrons. The lowest BCUT2D eigenvalue weighted by Gasteiger charge is -2.19. The molecule has 0 rings (SSSR count). The summed E-state index contributed by atoms with van der Waals surface area (Å²) >= 11 is 0. The van der Waals surface area contributed by atoms with E-state index in [1.54, 1.807) is 0 Å². The predicted octanol–water partition coefficient (Wildman–Crippen LogP) is 4.22. The first-order valence-corrected chi connectivity index (χ1v) is 8.14. The maximum Gasteiger partial charge on any atom is 0.0552 e. The van der Waals surface area contributed by atoms with Crippen molar-refractivity contribution in [1.29, 1.82) is 0 Å². The van der Waals surface area contributed by atoms with Crippen LogP contribution in [0.1, 0.15) is 78.6 Å². The predicted molar refractivity (Wildman–Crippen MR) is 81.0 cm³/mol. The van der Waals surface area contributed by atoms with Crippen molar-refractivity contribution in [2.45, 2.75) is 84.7 Å². The van der Waals surface area contributed by atoms with Crippen LogP contribution in [0, 0.1) is 0 Å². The maximum absolute atomic E-state index is 9.90. The zero-order chi connectivity index (χ0) is 13.6. The summed E-state index contributed by atoms with van der Waals surface area (Å²) in [6.45, 7) is 9.87. The maximum atomic E-state index is 9.90. The van der Waals surface area contributed by atoms with E-state index in [-0.39, 0.29) is 6.10 Å². The van der Waals surface area contributed by atoms with Crippen molar-refractivity contribution in [3.63, 3.8) is 0 Å². The molecule has 0 heterocycles. The Balaban J connectivity index is 3.28. The van der Waals surface area contributed by atoms with Crippen molar-refractivity contribution < 1.29 is 5.11 Å². The molecule has 0 bridgehead atoms. The molecule has 0 fully saturated rings. The number of aliphatic hydroxyl groups is 1. The van der Waals surface area contributed by atoms with E-state index in [1.807, 2.05) is 0 Å². The van der Waals surface area contributed by atoms with Crippen molar-refractivity contribution in [3.05, 3.63) is 0 Å². The van der Waals surface area contributed by atoms with Crippen LogP contribution in [0.4, 0.5) is 0 Å². The van der Waals surface area contributed by atoms with Gasteiger partial charge >= 0.3 is 0 Å². The summed E-state index contributed by atoms with van der Waals surface area (Å²) in [5.41, 5.74) is 0. The summed E-state index contributed by atoms with van der Waals surface area (Å²) in [5, 5.41) is 9.90. The molecule has 0 aliphatic rings. The highest BCUT2D eigenvalue weighted by Gasteiger charge is 2.06. The fourth-order valence-corrected chi connectivity index (χ4v) is 2.35. The van der Waals surface area contributed by atoms with Gasteiger partial charge in [-0.3, -0.25) is 0 Å². The molecule has 0 aromatic rings. The Morgan fingerprint density at radius 2 is 1.33 bits per heavy atom. The molecular formula is C16H35NO. The number of unbranched alkanes of at least 4 members (excludes halogenated alkanes) is 6. The summed E-state index contributed by atoms with van der Waals surface area (Å²) in [6, 6.07) is 0. The van der Waals surface area contributed by atoms with Gasteiger partial charge in [0.05, 0.1) is 6.10 Å². The van der Waals surface area contributed by atoms with E-state index in [1.165, 1.54) is 44.9 Å². The first-order chi connectivity index (χ1) is 8.74. The van der Waals surface area contributed by atoms with E-state index < -0.39 is 0 Å². The lowest BCUT2D eigenvalue weighted by molar-refractivity contribution is 0.132. The minimum absolute atomic E-state index is 0.0822. The Kier molecular flexibility index (Phi) is 13.3. The highest BCUT2D eigenvalue weighted by Crippen LogP contribution is 2.11. The van der Waals surface area contributed by atoms with Gasteiger partial charge in [-0.05, 0) is 25.9 Å². The van der Waals surface area contributed by atoms with Gasteiger partial charge in [0.1, 0.15) is 0 Å². The zero-order valence-corrected chi connectivity index (χ0v) is 13.0. The third-order valence-electron chi connectivity index (χ3n) is 3.81. The van der Waals surface area contributed by atoms with Crippen molar-refractivity contribution in [1.82, 2.24) is 4.90 Å². The van der Waals surface area contributed by atoms with Crippen LogP contribution in [0.25, 0.3) is 0 Å². The summed E-state index contributed by atoms with van der Waals surface area (Å²) in [4.78, 5) is 2.38. The number of nitrogens with zero attached hydrogens (tertiary/aromatic N) is 1. The largest absolute Gasteiger partial charge is 0.393 e. The number of hydrogen-bond acceptors (Lipinski definition) is 2. The Bertz CT molecular complexity index is 157. The van der Waals surface area contributed by atoms with Crippen LogP contribution in [-0.2, 0) is 0 Å². The molecule has 0 amide bonds. The van der Waals surface area contributed by atoms with E-state index in [0.29, 0.717) is 0 Å². The van der Waals surface area contributed by atoms with Gasteiger partial charge < -0.3 is 10.0 Å². The third-order valence-corrected chi connectivity index (χ3v) is 3.81. The number of hydrogen-bond donors (Lipinski definition) is 1. The molecule has 0 spiro atoms. The first kappa shape index (κ1) is 17.9. The Labute approximate surface area is 115 Å². The van der Waals surface area contributed by atoms with Gasteiger partial charge in [-0.15, -0.1) is 0 Å². The van der Waals surface area contributed by atoms with E-state index in [2.05, 4.69) is 25.7 Å². The molecule has 2 heteroatoms. The second-order valence-corrected chi connectivity index (χ2v) is 5.38. The number of aliphatic hydroxyl groups excluding tert-OH is 1. The van der Waals surface area contributed by atoms with Gasteiger partial charge in [-0.1, -0.05) is 65.7 Å². The van der Waals surface area contributed by atoms with Crippen LogP contribution in [0.2, 0.25) is 0 Å². The fraction of sp³-hybridized carbons (Fsp3) is 1.00. The molecule has 110 valence electrons. The molecule has 1 atom stereocenters. The van der Waals surface area contributed by atoms with Crippen molar-refractivity contribution in [3.8, 4) is 0 Å². The van der Waals surface area contributed by atoms with Crippen molar-refractivity contribution in [2.24, 2.45) is 0 Å². The second-order valence-electron chi connectivity index (χ2n) is 5.38. The smallest absolute Gasteiger partial charge is 0.0552 e. The average molecular weight is 257 g/mol. The second kappa shape index (κ2) is 13.4. The van der Waals surface area contributed by atoms with Gasteiger partial charge in [0.2, 0.25) is 0 Å². The molecule has 1 N–H and O–H groups in total. The van der Waals surface area contributed by atoms with Crippen LogP contribution in [0.3, 0.4) is 0 Å². The number of rotatable bonds is 13. The molecule has 18 heavy (non-hydrogen) atoms. The minimum Gasteiger partial charge on any atom is -0.393 e. The van der Waals surface area contributed by atoms with Crippen LogP contribution in [0.15, 0.2) is 0 Å². The van der Waals surface area contributed by atoms with Gasteiger partial charge in [0.25, 0.3) is 0 Å². The Morgan fingerprint density at radius 1 is 0.778 bits per heavy atom. The Morgan fingerprint density at radius 3 is 1.89 bits per heavy atom. The molecule has 1 unspecified atom stereocenters. The fourth-order valence-electron chi connectivity index (χ4n) is 2.35. The van der Waals surface area contributed by atoms with Gasteiger partial charge in [0.15, 0.2) is 0 Å². The Hall–Kier alpha value is -0.0800. The van der Waals surface area contributed by atoms with Gasteiger partial charge in [0, 0.05) is 6.54 Å². The topological polar surface area (TPSA) is 23.5 Å². The van der Waals surface area contributed by atoms with Crippen LogP contribution >= 0.6 is 0 Å². The average Bonchev–Trinajstić information content (AvgIpc) is 2.39. The van der Waals surface area contributed by atoms with E-state index in [4.69, 9.17) is 0 Å². The summed E-state index contributed by atoms with van der Waals surface area (Å²) in [5.74, 6) is 0. The van der Waals surface area contributed by atoms with Gasteiger partial charge in [-0.25, -0.2) is 0 Å². The van der Waals surface area contributed by atoms with Crippen molar-refractivity contribution in [2.75, 3.05) is 19.6 Å². The quantitative estimate of drug-likeness (QED) is 0.499. The SMILES string of the molecule is CCCCCCCCCC(O)CCN(CC)CC. The van der Waals surface area contributed by atoms with E-state index in [0.717, 1.165) is 32.5 Å². The molecule has 0 saturated carbocycles. The zero-order valence-electron chi connectivity index (χ0n) is 13.0. The summed E-state index contributed by atoms with van der Waals surface area (Å²) < 4.78 is 0. The molecule has 0 aromatic heterocycles. The van der Waals surface area contributed by atoms with Crippen LogP contribution in [0.5, 0.6) is 0 Å². The highest BCUT2D eigenvalue weighted by atomic mass is 16.3. The monoisotopic (exact) mass is 257 g/mol. The van der Waals surface area contributed by atoms with E-state index >= 15 is 0 Å². The molecular weight excluding hydrogens is 222 g/mol. The third kappa shape index (κ3) is 11.0. The standard InChI is InChI=1S/C16H35NO/c1-4-7-8-9-10-11-12-13-16(18)14-15-17(5-2)6-3/h16,18H,4-15H2,1-3H3. The lowest BCUT2D eigenvalue weighted by Crippen LogP contribution is -2.26. The van der Waals surface area contributed by atoms with E-state index in [9.17, 15) is 5.11 Å². The molecule has 0 saturated heterocycles. The first-order valence-electron chi connectivity index (χ1n) is 8.14. The molecule has 0 aromatic carbocycles. The molecule has 0 aliphatic carbocycles. The summed E-state index contributed by atoms with van der Waals surface area (Å²) in [7, 11) is 0.